The number of hydrogen-bond acceptors (Lipinski definition) is 6. The number of halogens is 3. The summed E-state index contributed by atoms with van der Waals surface area (Å²) >= 11 is 0. The van der Waals surface area contributed by atoms with Crippen LogP contribution in [-0.4, -0.2) is 30.7 Å². The second-order valence-corrected chi connectivity index (χ2v) is 9.23. The smallest absolute Gasteiger partial charge is 0.417 e. The summed E-state index contributed by atoms with van der Waals surface area (Å²) in [6.07, 6.45) is -1.73. The van der Waals surface area contributed by atoms with Crippen molar-refractivity contribution in [3.8, 4) is 5.88 Å². The first kappa shape index (κ1) is 21.6. The van der Waals surface area contributed by atoms with Gasteiger partial charge >= 0.3 is 6.18 Å². The van der Waals surface area contributed by atoms with Crippen LogP contribution < -0.4 is 9.46 Å². The molecule has 1 aliphatic rings. The predicted octanol–water partition coefficient (Wildman–Crippen LogP) is 4.05. The SMILES string of the molecule is O=S(=O)(Cc1noc2ccccc12)NC1CCC(Oc2ccc(C(F)(F)F)cn2)CC1. The highest BCUT2D eigenvalue weighted by Crippen LogP contribution is 2.30. The van der Waals surface area contributed by atoms with E-state index in [0.717, 1.165) is 12.3 Å². The van der Waals surface area contributed by atoms with Gasteiger partial charge in [-0.25, -0.2) is 18.1 Å². The summed E-state index contributed by atoms with van der Waals surface area (Å²) < 4.78 is 76.5. The van der Waals surface area contributed by atoms with Crippen molar-refractivity contribution in [3.05, 3.63) is 53.9 Å². The Hall–Kier alpha value is -2.66. The molecule has 0 unspecified atom stereocenters. The second-order valence-electron chi connectivity index (χ2n) is 7.48. The number of ether oxygens (including phenoxy) is 1. The van der Waals surface area contributed by atoms with Crippen molar-refractivity contribution in [2.75, 3.05) is 0 Å². The van der Waals surface area contributed by atoms with Gasteiger partial charge in [0.05, 0.1) is 5.56 Å². The molecule has 4 rings (SSSR count). The first-order chi connectivity index (χ1) is 14.7. The molecule has 3 aromatic rings. The van der Waals surface area contributed by atoms with Crippen LogP contribution in [0.4, 0.5) is 13.2 Å². The molecule has 0 saturated heterocycles. The topological polar surface area (TPSA) is 94.3 Å². The summed E-state index contributed by atoms with van der Waals surface area (Å²) in [5.74, 6) is -0.162. The summed E-state index contributed by atoms with van der Waals surface area (Å²) in [6.45, 7) is 0. The van der Waals surface area contributed by atoms with Crippen LogP contribution >= 0.6 is 0 Å². The molecule has 11 heteroatoms. The Labute approximate surface area is 176 Å². The van der Waals surface area contributed by atoms with Crippen molar-refractivity contribution >= 4 is 21.0 Å². The maximum absolute atomic E-state index is 12.6. The lowest BCUT2D eigenvalue weighted by atomic mass is 9.94. The minimum Gasteiger partial charge on any atom is -0.474 e. The van der Waals surface area contributed by atoms with Crippen LogP contribution in [0.15, 0.2) is 47.1 Å². The van der Waals surface area contributed by atoms with Crippen molar-refractivity contribution in [1.82, 2.24) is 14.9 Å². The summed E-state index contributed by atoms with van der Waals surface area (Å²) in [5, 5.41) is 4.52. The Kier molecular flexibility index (Phi) is 5.89. The van der Waals surface area contributed by atoms with E-state index in [0.29, 0.717) is 42.3 Å². The highest BCUT2D eigenvalue weighted by molar-refractivity contribution is 7.88. The molecule has 0 radical (unpaired) electrons. The molecule has 1 aromatic carbocycles. The Bertz CT molecular complexity index is 1140. The second kappa shape index (κ2) is 8.46. The molecule has 1 aliphatic carbocycles. The van der Waals surface area contributed by atoms with Gasteiger partial charge in [0.25, 0.3) is 0 Å². The van der Waals surface area contributed by atoms with Gasteiger partial charge < -0.3 is 9.26 Å². The Morgan fingerprint density at radius 1 is 1.10 bits per heavy atom. The molecule has 1 saturated carbocycles. The summed E-state index contributed by atoms with van der Waals surface area (Å²) in [5.41, 5.74) is 0.0496. The molecule has 0 aliphatic heterocycles. The normalized spacial score (nSPS) is 20.1. The third-order valence-electron chi connectivity index (χ3n) is 5.15. The molecule has 1 fully saturated rings. The van der Waals surface area contributed by atoms with E-state index in [9.17, 15) is 21.6 Å². The van der Waals surface area contributed by atoms with E-state index in [1.807, 2.05) is 0 Å². The van der Waals surface area contributed by atoms with Crippen molar-refractivity contribution in [2.45, 2.75) is 49.8 Å². The van der Waals surface area contributed by atoms with Crippen molar-refractivity contribution in [2.24, 2.45) is 0 Å². The molecule has 7 nitrogen and oxygen atoms in total. The van der Waals surface area contributed by atoms with Gasteiger partial charge in [0.1, 0.15) is 17.6 Å². The molecule has 0 amide bonds. The third-order valence-corrected chi connectivity index (χ3v) is 6.50. The fraction of sp³-hybridized carbons (Fsp3) is 0.400. The van der Waals surface area contributed by atoms with Crippen LogP contribution in [0.5, 0.6) is 5.88 Å². The number of alkyl halides is 3. The van der Waals surface area contributed by atoms with Crippen molar-refractivity contribution < 1.29 is 30.8 Å². The number of benzene rings is 1. The zero-order chi connectivity index (χ0) is 22.1. The van der Waals surface area contributed by atoms with Crippen molar-refractivity contribution in [3.63, 3.8) is 0 Å². The van der Waals surface area contributed by atoms with E-state index in [-0.39, 0.29) is 23.8 Å². The van der Waals surface area contributed by atoms with E-state index >= 15 is 0 Å². The fourth-order valence-electron chi connectivity index (χ4n) is 3.60. The van der Waals surface area contributed by atoms with E-state index in [4.69, 9.17) is 9.26 Å². The Balaban J connectivity index is 1.29. The number of aromatic nitrogens is 2. The number of fused-ring (bicyclic) bond motifs is 1. The zero-order valence-corrected chi connectivity index (χ0v) is 17.1. The van der Waals surface area contributed by atoms with Crippen LogP contribution in [0.25, 0.3) is 11.0 Å². The summed E-state index contributed by atoms with van der Waals surface area (Å²) in [7, 11) is -3.62. The monoisotopic (exact) mass is 455 g/mol. The lowest BCUT2D eigenvalue weighted by Crippen LogP contribution is -2.40. The van der Waals surface area contributed by atoms with E-state index in [1.54, 1.807) is 24.3 Å². The number of para-hydroxylation sites is 1. The summed E-state index contributed by atoms with van der Waals surface area (Å²) in [6, 6.07) is 8.92. The number of pyridine rings is 1. The van der Waals surface area contributed by atoms with E-state index in [2.05, 4.69) is 14.9 Å². The number of rotatable bonds is 6. The maximum atomic E-state index is 12.6. The minimum atomic E-state index is -4.45. The Morgan fingerprint density at radius 3 is 2.52 bits per heavy atom. The molecule has 166 valence electrons. The van der Waals surface area contributed by atoms with Gasteiger partial charge in [-0.05, 0) is 43.9 Å². The van der Waals surface area contributed by atoms with Gasteiger partial charge in [0.2, 0.25) is 15.9 Å². The van der Waals surface area contributed by atoms with Gasteiger partial charge in [0.15, 0.2) is 5.58 Å². The first-order valence-electron chi connectivity index (χ1n) is 9.73. The minimum absolute atomic E-state index is 0.120. The molecule has 2 aromatic heterocycles. The average Bonchev–Trinajstić information content (AvgIpc) is 3.11. The van der Waals surface area contributed by atoms with Crippen LogP contribution in [-0.2, 0) is 22.0 Å². The molecule has 0 atom stereocenters. The molecular weight excluding hydrogens is 435 g/mol. The maximum Gasteiger partial charge on any atom is 0.417 e. The van der Waals surface area contributed by atoms with E-state index < -0.39 is 21.8 Å². The highest BCUT2D eigenvalue weighted by Gasteiger charge is 2.31. The predicted molar refractivity (Wildman–Crippen MR) is 106 cm³/mol. The molecular formula is C20H20F3N3O4S. The summed E-state index contributed by atoms with van der Waals surface area (Å²) in [4.78, 5) is 3.71. The van der Waals surface area contributed by atoms with Crippen LogP contribution in [0, 0.1) is 0 Å². The Morgan fingerprint density at radius 2 is 1.84 bits per heavy atom. The number of nitrogens with one attached hydrogen (secondary N) is 1. The third kappa shape index (κ3) is 5.34. The molecule has 31 heavy (non-hydrogen) atoms. The van der Waals surface area contributed by atoms with Crippen LogP contribution in [0.1, 0.15) is 36.9 Å². The zero-order valence-electron chi connectivity index (χ0n) is 16.3. The standard InChI is InChI=1S/C20H20F3N3O4S/c21-20(22,23)13-5-10-19(24-11-13)29-15-8-6-14(7-9-15)26-31(27,28)12-17-16-3-1-2-4-18(16)30-25-17/h1-5,10-11,14-15,26H,6-9,12H2. The largest absolute Gasteiger partial charge is 0.474 e. The lowest BCUT2D eigenvalue weighted by Gasteiger charge is -2.29. The van der Waals surface area contributed by atoms with Crippen LogP contribution in [0.2, 0.25) is 0 Å². The molecule has 2 heterocycles. The fourth-order valence-corrected chi connectivity index (χ4v) is 5.00. The molecule has 1 N–H and O–H groups in total. The number of hydrogen-bond donors (Lipinski definition) is 1. The molecule has 0 spiro atoms. The number of sulfonamides is 1. The van der Waals surface area contributed by atoms with Crippen molar-refractivity contribution in [1.29, 1.82) is 0 Å². The van der Waals surface area contributed by atoms with Gasteiger partial charge in [-0.2, -0.15) is 13.2 Å². The molecule has 0 bridgehead atoms. The van der Waals surface area contributed by atoms with E-state index in [1.165, 1.54) is 6.07 Å². The number of nitrogens with zero attached hydrogens (tertiary/aromatic N) is 2. The average molecular weight is 455 g/mol. The van der Waals surface area contributed by atoms with Gasteiger partial charge in [0, 0.05) is 23.7 Å². The lowest BCUT2D eigenvalue weighted by molar-refractivity contribution is -0.137. The quantitative estimate of drug-likeness (QED) is 0.603. The van der Waals surface area contributed by atoms with Gasteiger partial charge in [-0.1, -0.05) is 17.3 Å². The van der Waals surface area contributed by atoms with Gasteiger partial charge in [-0.3, -0.25) is 0 Å². The first-order valence-corrected chi connectivity index (χ1v) is 11.4. The van der Waals surface area contributed by atoms with Crippen LogP contribution in [0.3, 0.4) is 0 Å². The van der Waals surface area contributed by atoms with Gasteiger partial charge in [-0.15, -0.1) is 0 Å². The highest BCUT2D eigenvalue weighted by atomic mass is 32.2.